The topological polar surface area (TPSA) is 90.3 Å². The average Bonchev–Trinajstić information content (AvgIpc) is 3.03. The lowest BCUT2D eigenvalue weighted by Gasteiger charge is -2.09. The number of hydrogen-bond acceptors (Lipinski definition) is 5. The number of methoxy groups -OCH3 is 1. The molecule has 2 aromatic carbocycles. The van der Waals surface area contributed by atoms with Crippen LogP contribution in [-0.4, -0.2) is 31.0 Å². The van der Waals surface area contributed by atoms with Gasteiger partial charge in [0.1, 0.15) is 33.8 Å². The highest BCUT2D eigenvalue weighted by molar-refractivity contribution is 7.90. The van der Waals surface area contributed by atoms with Gasteiger partial charge in [-0.3, -0.25) is 4.79 Å². The van der Waals surface area contributed by atoms with Crippen molar-refractivity contribution < 1.29 is 26.7 Å². The summed E-state index contributed by atoms with van der Waals surface area (Å²) in [6.07, 6.45) is 1.17. The van der Waals surface area contributed by atoms with E-state index in [1.165, 1.54) is 49.2 Å². The minimum absolute atomic E-state index is 0.0536. The first-order valence-electron chi connectivity index (χ1n) is 7.92. The molecule has 0 spiro atoms. The van der Waals surface area contributed by atoms with Crippen molar-refractivity contribution in [2.45, 2.75) is 4.90 Å². The number of ether oxygens (including phenoxy) is 1. The van der Waals surface area contributed by atoms with Crippen LogP contribution in [0.4, 0.5) is 8.78 Å². The van der Waals surface area contributed by atoms with Gasteiger partial charge in [-0.15, -0.1) is 0 Å². The van der Waals surface area contributed by atoms with Crippen LogP contribution in [0.25, 0.3) is 11.4 Å². The maximum Gasteiger partial charge on any atom is 0.285 e. The maximum atomic E-state index is 14.0. The summed E-state index contributed by atoms with van der Waals surface area (Å²) in [4.78, 5) is 16.1. The third kappa shape index (κ3) is 3.58. The number of aryl methyl sites for hydroxylation is 1. The average molecular weight is 407 g/mol. The number of hydrogen-bond donors (Lipinski definition) is 1. The van der Waals surface area contributed by atoms with E-state index in [-0.39, 0.29) is 22.2 Å². The summed E-state index contributed by atoms with van der Waals surface area (Å²) >= 11 is 0. The fourth-order valence-electron chi connectivity index (χ4n) is 2.59. The van der Waals surface area contributed by atoms with E-state index >= 15 is 0 Å². The number of benzene rings is 2. The van der Waals surface area contributed by atoms with Gasteiger partial charge in [0.2, 0.25) is 0 Å². The molecule has 3 rings (SSSR count). The molecule has 0 atom stereocenters. The lowest BCUT2D eigenvalue weighted by molar-refractivity contribution is 0.0977. The standard InChI is InChI=1S/C18H15F2N3O4S/c1-23-10-13(21-17(23)16-11(19)6-5-7-12(16)20)18(24)22-28(25,26)15-9-4-3-8-14(15)27-2/h3-10H,1-2H3,(H,22,24). The van der Waals surface area contributed by atoms with E-state index in [1.54, 1.807) is 6.07 Å². The predicted octanol–water partition coefficient (Wildman–Crippen LogP) is 2.49. The zero-order valence-corrected chi connectivity index (χ0v) is 15.6. The molecule has 0 aliphatic heterocycles. The van der Waals surface area contributed by atoms with Gasteiger partial charge in [-0.2, -0.15) is 0 Å². The summed E-state index contributed by atoms with van der Waals surface area (Å²) in [6.45, 7) is 0. The van der Waals surface area contributed by atoms with Crippen LogP contribution in [0.5, 0.6) is 5.75 Å². The van der Waals surface area contributed by atoms with Crippen molar-refractivity contribution in [3.05, 3.63) is 66.0 Å². The number of sulfonamides is 1. The van der Waals surface area contributed by atoms with Crippen molar-refractivity contribution in [2.75, 3.05) is 7.11 Å². The molecular weight excluding hydrogens is 392 g/mol. The van der Waals surface area contributed by atoms with Gasteiger partial charge >= 0.3 is 0 Å². The third-order valence-corrected chi connectivity index (χ3v) is 5.25. The summed E-state index contributed by atoms with van der Waals surface area (Å²) in [6, 6.07) is 9.06. The number of aromatic nitrogens is 2. The molecule has 3 aromatic rings. The number of rotatable bonds is 5. The van der Waals surface area contributed by atoms with Crippen LogP contribution in [0, 0.1) is 11.6 Å². The molecule has 146 valence electrons. The molecule has 1 heterocycles. The van der Waals surface area contributed by atoms with E-state index in [2.05, 4.69) is 4.98 Å². The molecule has 1 N–H and O–H groups in total. The Hall–Kier alpha value is -3.27. The van der Waals surface area contributed by atoms with E-state index in [0.717, 1.165) is 12.1 Å². The molecule has 0 unspecified atom stereocenters. The Labute approximate surface area is 159 Å². The maximum absolute atomic E-state index is 14.0. The fraction of sp³-hybridized carbons (Fsp3) is 0.111. The fourth-order valence-corrected chi connectivity index (χ4v) is 3.72. The molecule has 0 saturated heterocycles. The molecule has 0 bridgehead atoms. The molecule has 0 aliphatic rings. The molecular formula is C18H15F2N3O4S. The number of para-hydroxylation sites is 1. The van der Waals surface area contributed by atoms with Crippen LogP contribution in [-0.2, 0) is 17.1 Å². The lowest BCUT2D eigenvalue weighted by Crippen LogP contribution is -2.31. The second kappa shape index (κ2) is 7.39. The highest BCUT2D eigenvalue weighted by Crippen LogP contribution is 2.26. The van der Waals surface area contributed by atoms with E-state index in [1.807, 2.05) is 4.72 Å². The molecule has 1 amide bonds. The molecule has 7 nitrogen and oxygen atoms in total. The quantitative estimate of drug-likeness (QED) is 0.702. The predicted molar refractivity (Wildman–Crippen MR) is 96.2 cm³/mol. The number of halogens is 2. The molecule has 1 aromatic heterocycles. The van der Waals surface area contributed by atoms with E-state index in [9.17, 15) is 22.0 Å². The van der Waals surface area contributed by atoms with Crippen molar-refractivity contribution in [1.82, 2.24) is 14.3 Å². The SMILES string of the molecule is COc1ccccc1S(=O)(=O)NC(=O)c1cn(C)c(-c2c(F)cccc2F)n1. The summed E-state index contributed by atoms with van der Waals surface area (Å²) < 4.78 is 61.1. The molecule has 0 fully saturated rings. The normalized spacial score (nSPS) is 11.3. The van der Waals surface area contributed by atoms with Gasteiger partial charge in [0, 0.05) is 13.2 Å². The van der Waals surface area contributed by atoms with E-state index in [4.69, 9.17) is 4.74 Å². The van der Waals surface area contributed by atoms with Crippen molar-refractivity contribution >= 4 is 15.9 Å². The summed E-state index contributed by atoms with van der Waals surface area (Å²) in [7, 11) is -1.53. The Bertz CT molecular complexity index is 1140. The highest BCUT2D eigenvalue weighted by Gasteiger charge is 2.25. The van der Waals surface area contributed by atoms with Gasteiger partial charge in [-0.05, 0) is 24.3 Å². The number of nitrogens with one attached hydrogen (secondary N) is 1. The molecule has 28 heavy (non-hydrogen) atoms. The second-order valence-electron chi connectivity index (χ2n) is 5.74. The first-order chi connectivity index (χ1) is 13.2. The summed E-state index contributed by atoms with van der Waals surface area (Å²) in [5.41, 5.74) is -0.740. The minimum Gasteiger partial charge on any atom is -0.495 e. The van der Waals surface area contributed by atoms with Crippen LogP contribution >= 0.6 is 0 Å². The Kier molecular flexibility index (Phi) is 5.14. The van der Waals surface area contributed by atoms with Crippen molar-refractivity contribution in [3.8, 4) is 17.1 Å². The Morgan fingerprint density at radius 1 is 1.11 bits per heavy atom. The third-order valence-electron chi connectivity index (χ3n) is 3.88. The van der Waals surface area contributed by atoms with Crippen LogP contribution in [0.3, 0.4) is 0 Å². The van der Waals surface area contributed by atoms with Crippen molar-refractivity contribution in [2.24, 2.45) is 7.05 Å². The van der Waals surface area contributed by atoms with Crippen LogP contribution in [0.1, 0.15) is 10.5 Å². The summed E-state index contributed by atoms with van der Waals surface area (Å²) in [5.74, 6) is -2.87. The molecule has 0 saturated carbocycles. The van der Waals surface area contributed by atoms with E-state index < -0.39 is 33.1 Å². The largest absolute Gasteiger partial charge is 0.495 e. The smallest absolute Gasteiger partial charge is 0.285 e. The zero-order chi connectivity index (χ0) is 20.5. The van der Waals surface area contributed by atoms with Crippen molar-refractivity contribution in [3.63, 3.8) is 0 Å². The highest BCUT2D eigenvalue weighted by atomic mass is 32.2. The Morgan fingerprint density at radius 2 is 1.75 bits per heavy atom. The van der Waals surface area contributed by atoms with Gasteiger partial charge in [0.25, 0.3) is 15.9 Å². The lowest BCUT2D eigenvalue weighted by atomic mass is 10.2. The minimum atomic E-state index is -4.26. The number of amides is 1. The first kappa shape index (κ1) is 19.5. The van der Waals surface area contributed by atoms with Crippen LogP contribution < -0.4 is 9.46 Å². The van der Waals surface area contributed by atoms with Gasteiger partial charge in [-0.1, -0.05) is 18.2 Å². The van der Waals surface area contributed by atoms with Gasteiger partial charge in [0.15, 0.2) is 0 Å². The number of carbonyl (C=O) groups is 1. The number of nitrogens with zero attached hydrogens (tertiary/aromatic N) is 2. The van der Waals surface area contributed by atoms with E-state index in [0.29, 0.717) is 0 Å². The van der Waals surface area contributed by atoms with Gasteiger partial charge < -0.3 is 9.30 Å². The second-order valence-corrected chi connectivity index (χ2v) is 7.39. The van der Waals surface area contributed by atoms with Gasteiger partial charge in [0.05, 0.1) is 12.7 Å². The molecule has 0 radical (unpaired) electrons. The zero-order valence-electron chi connectivity index (χ0n) is 14.8. The van der Waals surface area contributed by atoms with Crippen molar-refractivity contribution in [1.29, 1.82) is 0 Å². The summed E-state index contributed by atoms with van der Waals surface area (Å²) in [5, 5.41) is 0. The first-order valence-corrected chi connectivity index (χ1v) is 9.41. The number of imidazole rings is 1. The number of carbonyl (C=O) groups excluding carboxylic acids is 1. The van der Waals surface area contributed by atoms with Gasteiger partial charge in [-0.25, -0.2) is 26.9 Å². The Morgan fingerprint density at radius 3 is 2.39 bits per heavy atom. The monoisotopic (exact) mass is 407 g/mol. The molecule has 0 aliphatic carbocycles. The van der Waals surface area contributed by atoms with Crippen LogP contribution in [0.2, 0.25) is 0 Å². The Balaban J connectivity index is 1.94. The molecule has 10 heteroatoms. The van der Waals surface area contributed by atoms with Crippen LogP contribution in [0.15, 0.2) is 53.6 Å².